The fraction of sp³-hybridized carbons (Fsp3) is 0.250. The number of hydrogen-bond acceptors (Lipinski definition) is 5. The molecule has 0 fully saturated rings. The van der Waals surface area contributed by atoms with Crippen molar-refractivity contribution in [2.75, 3.05) is 5.73 Å². The van der Waals surface area contributed by atoms with E-state index in [1.165, 1.54) is 23.6 Å². The van der Waals surface area contributed by atoms with Crippen molar-refractivity contribution in [1.82, 2.24) is 15.3 Å². The van der Waals surface area contributed by atoms with Crippen molar-refractivity contribution >= 4 is 34.7 Å². The van der Waals surface area contributed by atoms with Crippen LogP contribution in [0.3, 0.4) is 0 Å². The highest BCUT2D eigenvalue weighted by Crippen LogP contribution is 2.20. The van der Waals surface area contributed by atoms with Gasteiger partial charge in [0.15, 0.2) is 0 Å². The summed E-state index contributed by atoms with van der Waals surface area (Å²) in [7, 11) is 0. The van der Waals surface area contributed by atoms with Crippen molar-refractivity contribution in [3.63, 3.8) is 0 Å². The molecule has 2 aromatic rings. The van der Waals surface area contributed by atoms with Crippen LogP contribution in [0.1, 0.15) is 34.0 Å². The van der Waals surface area contributed by atoms with E-state index in [9.17, 15) is 4.79 Å². The number of hydrogen-bond donors (Lipinski definition) is 2. The Labute approximate surface area is 119 Å². The number of pyridine rings is 1. The van der Waals surface area contributed by atoms with Gasteiger partial charge in [0.1, 0.15) is 10.8 Å². The number of carbonyl (C=O) groups is 1. The van der Waals surface area contributed by atoms with Crippen LogP contribution in [0.5, 0.6) is 0 Å². The van der Waals surface area contributed by atoms with Crippen molar-refractivity contribution in [3.05, 3.63) is 38.9 Å². The second kappa shape index (κ2) is 5.54. The molecule has 0 saturated heterocycles. The Balaban J connectivity index is 2.15. The van der Waals surface area contributed by atoms with Crippen LogP contribution in [0.25, 0.3) is 0 Å². The molecular formula is C12H13ClN4OS. The average Bonchev–Trinajstić information content (AvgIpc) is 2.79. The lowest BCUT2D eigenvalue weighted by atomic mass is 10.2. The average molecular weight is 297 g/mol. The number of halogens is 1. The third kappa shape index (κ3) is 3.21. The summed E-state index contributed by atoms with van der Waals surface area (Å²) in [6, 6.07) is 1.27. The van der Waals surface area contributed by atoms with Crippen LogP contribution in [0.2, 0.25) is 5.02 Å². The van der Waals surface area contributed by atoms with E-state index < -0.39 is 0 Å². The first-order valence-electron chi connectivity index (χ1n) is 5.61. The number of nitrogen functional groups attached to an aromatic ring is 1. The summed E-state index contributed by atoms with van der Waals surface area (Å²) >= 11 is 7.44. The minimum atomic E-state index is -0.292. The van der Waals surface area contributed by atoms with E-state index >= 15 is 0 Å². The molecule has 5 nitrogen and oxygen atoms in total. The van der Waals surface area contributed by atoms with Crippen LogP contribution >= 0.6 is 22.9 Å². The Morgan fingerprint density at radius 2 is 2.32 bits per heavy atom. The van der Waals surface area contributed by atoms with Crippen LogP contribution in [-0.2, 0) is 0 Å². The van der Waals surface area contributed by atoms with Gasteiger partial charge in [-0.2, -0.15) is 0 Å². The lowest BCUT2D eigenvalue weighted by Crippen LogP contribution is -2.27. The largest absolute Gasteiger partial charge is 0.384 e. The zero-order chi connectivity index (χ0) is 14.0. The van der Waals surface area contributed by atoms with Gasteiger partial charge >= 0.3 is 0 Å². The summed E-state index contributed by atoms with van der Waals surface area (Å²) in [6.07, 6.45) is 1.37. The predicted molar refractivity (Wildman–Crippen MR) is 76.4 cm³/mol. The normalized spacial score (nSPS) is 12.2. The molecule has 2 heterocycles. The van der Waals surface area contributed by atoms with E-state index in [2.05, 4.69) is 15.3 Å². The Morgan fingerprint density at radius 1 is 1.58 bits per heavy atom. The van der Waals surface area contributed by atoms with E-state index in [0.29, 0.717) is 5.56 Å². The second-order valence-corrected chi connectivity index (χ2v) is 5.41. The fourth-order valence-corrected chi connectivity index (χ4v) is 2.53. The number of aromatic nitrogens is 2. The number of nitrogens with one attached hydrogen (secondary N) is 1. The number of carbonyl (C=O) groups excluding carboxylic acids is 1. The number of aryl methyl sites for hydroxylation is 1. The molecule has 100 valence electrons. The fourth-order valence-electron chi connectivity index (χ4n) is 1.54. The minimum absolute atomic E-state index is 0.184. The van der Waals surface area contributed by atoms with Gasteiger partial charge in [0.05, 0.1) is 16.6 Å². The van der Waals surface area contributed by atoms with Gasteiger partial charge < -0.3 is 11.1 Å². The van der Waals surface area contributed by atoms with E-state index in [-0.39, 0.29) is 22.8 Å². The SMILES string of the molecule is Cc1csc(C(C)NC(=O)c2cc(N)ncc2Cl)n1. The van der Waals surface area contributed by atoms with Crippen LogP contribution in [-0.4, -0.2) is 15.9 Å². The molecule has 1 amide bonds. The monoisotopic (exact) mass is 296 g/mol. The lowest BCUT2D eigenvalue weighted by molar-refractivity contribution is 0.0940. The van der Waals surface area contributed by atoms with E-state index in [0.717, 1.165) is 10.7 Å². The van der Waals surface area contributed by atoms with Crippen molar-refractivity contribution in [1.29, 1.82) is 0 Å². The lowest BCUT2D eigenvalue weighted by Gasteiger charge is -2.12. The second-order valence-electron chi connectivity index (χ2n) is 4.11. The molecule has 0 aliphatic carbocycles. The molecule has 0 radical (unpaired) electrons. The smallest absolute Gasteiger partial charge is 0.253 e. The van der Waals surface area contributed by atoms with Crippen molar-refractivity contribution in [3.8, 4) is 0 Å². The topological polar surface area (TPSA) is 80.9 Å². The van der Waals surface area contributed by atoms with Crippen molar-refractivity contribution in [2.45, 2.75) is 19.9 Å². The quantitative estimate of drug-likeness (QED) is 0.912. The molecule has 0 aliphatic rings. The molecule has 0 aromatic carbocycles. The maximum atomic E-state index is 12.1. The van der Waals surface area contributed by atoms with Gasteiger partial charge in [-0.3, -0.25) is 4.79 Å². The first-order valence-corrected chi connectivity index (χ1v) is 6.87. The molecule has 2 rings (SSSR count). The molecule has 2 aromatic heterocycles. The first-order chi connectivity index (χ1) is 8.97. The van der Waals surface area contributed by atoms with E-state index in [4.69, 9.17) is 17.3 Å². The Morgan fingerprint density at radius 3 is 2.95 bits per heavy atom. The van der Waals surface area contributed by atoms with Gasteiger partial charge in [0.2, 0.25) is 0 Å². The highest BCUT2D eigenvalue weighted by molar-refractivity contribution is 7.09. The number of anilines is 1. The molecule has 19 heavy (non-hydrogen) atoms. The van der Waals surface area contributed by atoms with Crippen LogP contribution in [0.15, 0.2) is 17.6 Å². The molecule has 0 bridgehead atoms. The predicted octanol–water partition coefficient (Wildman–Crippen LogP) is 2.57. The number of rotatable bonds is 3. The molecule has 0 spiro atoms. The zero-order valence-electron chi connectivity index (χ0n) is 10.5. The van der Waals surface area contributed by atoms with Gasteiger partial charge in [0.25, 0.3) is 5.91 Å². The van der Waals surface area contributed by atoms with Crippen LogP contribution in [0.4, 0.5) is 5.82 Å². The zero-order valence-corrected chi connectivity index (χ0v) is 12.0. The summed E-state index contributed by atoms with van der Waals surface area (Å²) in [5.41, 5.74) is 6.80. The van der Waals surface area contributed by atoms with Crippen molar-refractivity contribution in [2.24, 2.45) is 0 Å². The van der Waals surface area contributed by atoms with Crippen LogP contribution < -0.4 is 11.1 Å². The molecule has 0 aliphatic heterocycles. The highest BCUT2D eigenvalue weighted by Gasteiger charge is 2.16. The molecule has 7 heteroatoms. The van der Waals surface area contributed by atoms with Gasteiger partial charge in [-0.05, 0) is 19.9 Å². The third-order valence-corrected chi connectivity index (χ3v) is 3.92. The highest BCUT2D eigenvalue weighted by atomic mass is 35.5. The minimum Gasteiger partial charge on any atom is -0.384 e. The molecule has 3 N–H and O–H groups in total. The molecule has 1 unspecified atom stereocenters. The first kappa shape index (κ1) is 13.8. The van der Waals surface area contributed by atoms with Crippen LogP contribution in [0, 0.1) is 6.92 Å². The molecule has 1 atom stereocenters. The summed E-state index contributed by atoms with van der Waals surface area (Å²) < 4.78 is 0. The Hall–Kier alpha value is -1.66. The summed E-state index contributed by atoms with van der Waals surface area (Å²) in [4.78, 5) is 20.3. The number of nitrogens with zero attached hydrogens (tertiary/aromatic N) is 2. The Bertz CT molecular complexity index is 614. The third-order valence-electron chi connectivity index (χ3n) is 2.48. The molecular weight excluding hydrogens is 284 g/mol. The van der Waals surface area contributed by atoms with Gasteiger partial charge in [-0.25, -0.2) is 9.97 Å². The summed E-state index contributed by atoms with van der Waals surface area (Å²) in [6.45, 7) is 3.78. The van der Waals surface area contributed by atoms with Gasteiger partial charge in [-0.1, -0.05) is 11.6 Å². The summed E-state index contributed by atoms with van der Waals surface area (Å²) in [5, 5.41) is 5.90. The van der Waals surface area contributed by atoms with E-state index in [1.807, 2.05) is 19.2 Å². The maximum absolute atomic E-state index is 12.1. The van der Waals surface area contributed by atoms with Crippen molar-refractivity contribution < 1.29 is 4.79 Å². The van der Waals surface area contributed by atoms with Gasteiger partial charge in [-0.15, -0.1) is 11.3 Å². The number of amides is 1. The summed E-state index contributed by atoms with van der Waals surface area (Å²) in [5.74, 6) is -0.0354. The number of nitrogens with two attached hydrogens (primary N) is 1. The van der Waals surface area contributed by atoms with E-state index in [1.54, 1.807) is 0 Å². The standard InChI is InChI=1S/C12H13ClN4OS/c1-6-5-19-12(16-6)7(2)17-11(18)8-3-10(14)15-4-9(8)13/h3-5,7H,1-2H3,(H2,14,15)(H,17,18). The number of thiazole rings is 1. The van der Waals surface area contributed by atoms with Gasteiger partial charge in [0, 0.05) is 17.3 Å². The Kier molecular flexibility index (Phi) is 4.01. The maximum Gasteiger partial charge on any atom is 0.253 e. The molecule has 0 saturated carbocycles.